The molecule has 6 nitrogen and oxygen atoms in total. The molecule has 5 heterocycles. The molecule has 10 aromatic rings. The largest absolute Gasteiger partial charge is 0.316 e. The minimum atomic E-state index is 0.615. The van der Waals surface area contributed by atoms with Crippen molar-refractivity contribution >= 4 is 43.5 Å². The Balaban J connectivity index is 1.22. The molecule has 50 heavy (non-hydrogen) atoms. The van der Waals surface area contributed by atoms with Crippen LogP contribution in [0.25, 0.3) is 89.0 Å². The number of fused-ring (bicyclic) bond motifs is 7. The Labute approximate surface area is 287 Å². The van der Waals surface area contributed by atoms with Gasteiger partial charge in [-0.25, -0.2) is 9.97 Å². The first-order chi connectivity index (χ1) is 24.8. The summed E-state index contributed by atoms with van der Waals surface area (Å²) in [6, 6.07) is 52.6. The molecule has 10 rings (SSSR count). The van der Waals surface area contributed by atoms with Crippen molar-refractivity contribution in [3.63, 3.8) is 0 Å². The van der Waals surface area contributed by atoms with Crippen LogP contribution in [0.1, 0.15) is 0 Å². The molecule has 0 spiro atoms. The SMILES string of the molecule is c1ccc(-n2ccc3ccc4ccc5c(c6ccccc6n5-c5cccc(-c6nc(-c7ccccn7)cc(-c7ccccn7)n6)c5)c4c32)cc1. The number of hydrogen-bond acceptors (Lipinski definition) is 4. The summed E-state index contributed by atoms with van der Waals surface area (Å²) < 4.78 is 4.68. The van der Waals surface area contributed by atoms with Crippen molar-refractivity contribution in [3.8, 4) is 45.5 Å². The quantitative estimate of drug-likeness (QED) is 0.188. The van der Waals surface area contributed by atoms with Gasteiger partial charge in [0.25, 0.3) is 0 Å². The Morgan fingerprint density at radius 1 is 0.440 bits per heavy atom. The van der Waals surface area contributed by atoms with E-state index in [9.17, 15) is 0 Å². The van der Waals surface area contributed by atoms with Crippen LogP contribution in [0.2, 0.25) is 0 Å². The Kier molecular flexibility index (Phi) is 6.39. The lowest BCUT2D eigenvalue weighted by Gasteiger charge is -2.12. The number of pyridine rings is 2. The van der Waals surface area contributed by atoms with Gasteiger partial charge in [-0.1, -0.05) is 78.9 Å². The third-order valence-electron chi connectivity index (χ3n) is 9.45. The van der Waals surface area contributed by atoms with E-state index >= 15 is 0 Å². The van der Waals surface area contributed by atoms with Crippen molar-refractivity contribution in [3.05, 3.63) is 170 Å². The van der Waals surface area contributed by atoms with Crippen LogP contribution in [0.5, 0.6) is 0 Å². The highest BCUT2D eigenvalue weighted by molar-refractivity contribution is 6.27. The van der Waals surface area contributed by atoms with E-state index in [4.69, 9.17) is 9.97 Å². The van der Waals surface area contributed by atoms with Gasteiger partial charge in [0.2, 0.25) is 0 Å². The zero-order valence-electron chi connectivity index (χ0n) is 26.8. The second kappa shape index (κ2) is 11.4. The zero-order chi connectivity index (χ0) is 33.0. The minimum Gasteiger partial charge on any atom is -0.316 e. The molecule has 0 bridgehead atoms. The lowest BCUT2D eigenvalue weighted by atomic mass is 10.0. The van der Waals surface area contributed by atoms with Gasteiger partial charge in [0, 0.05) is 57.1 Å². The van der Waals surface area contributed by atoms with E-state index in [1.807, 2.05) is 42.5 Å². The standard InChI is InChI=1S/C44H28N6/c1-2-12-32(13-3-1)49-26-23-30-20-19-29-21-22-40-42(41(29)43(30)49)34-15-4-5-18-39(34)50(40)33-14-10-11-31(27-33)44-47-37(35-16-6-8-24-45-35)28-38(48-44)36-17-7-9-25-46-36/h1-28H. The monoisotopic (exact) mass is 640 g/mol. The van der Waals surface area contributed by atoms with Crippen molar-refractivity contribution < 1.29 is 0 Å². The van der Waals surface area contributed by atoms with Crippen LogP contribution >= 0.6 is 0 Å². The number of para-hydroxylation sites is 2. The predicted molar refractivity (Wildman–Crippen MR) is 203 cm³/mol. The number of benzene rings is 5. The minimum absolute atomic E-state index is 0.615. The van der Waals surface area contributed by atoms with E-state index < -0.39 is 0 Å². The first kappa shape index (κ1) is 28.1. The van der Waals surface area contributed by atoms with Crippen LogP contribution in [-0.2, 0) is 0 Å². The topological polar surface area (TPSA) is 61.4 Å². The fraction of sp³-hybridized carbons (Fsp3) is 0. The van der Waals surface area contributed by atoms with Crippen LogP contribution in [0.3, 0.4) is 0 Å². The van der Waals surface area contributed by atoms with Gasteiger partial charge in [-0.05, 0) is 78.2 Å². The highest BCUT2D eigenvalue weighted by atomic mass is 15.0. The fourth-order valence-electron chi connectivity index (χ4n) is 7.23. The normalized spacial score (nSPS) is 11.6. The van der Waals surface area contributed by atoms with E-state index in [2.05, 4.69) is 134 Å². The van der Waals surface area contributed by atoms with E-state index in [-0.39, 0.29) is 0 Å². The smallest absolute Gasteiger partial charge is 0.160 e. The van der Waals surface area contributed by atoms with E-state index in [1.165, 1.54) is 32.4 Å². The molecule has 0 fully saturated rings. The highest BCUT2D eigenvalue weighted by Gasteiger charge is 2.19. The molecule has 0 aliphatic heterocycles. The average Bonchev–Trinajstić information content (AvgIpc) is 3.79. The summed E-state index contributed by atoms with van der Waals surface area (Å²) in [5.74, 6) is 0.615. The van der Waals surface area contributed by atoms with Crippen LogP contribution in [0.15, 0.2) is 170 Å². The lowest BCUT2D eigenvalue weighted by molar-refractivity contribution is 1.13. The molecule has 5 aromatic carbocycles. The summed E-state index contributed by atoms with van der Waals surface area (Å²) in [5.41, 5.74) is 9.62. The second-order valence-electron chi connectivity index (χ2n) is 12.4. The Morgan fingerprint density at radius 3 is 1.88 bits per heavy atom. The maximum atomic E-state index is 5.04. The molecule has 234 valence electrons. The summed E-state index contributed by atoms with van der Waals surface area (Å²) in [6.45, 7) is 0. The second-order valence-corrected chi connectivity index (χ2v) is 12.4. The Hall–Kier alpha value is -6.92. The van der Waals surface area contributed by atoms with Gasteiger partial charge in [0.05, 0.1) is 39.3 Å². The first-order valence-corrected chi connectivity index (χ1v) is 16.6. The molecule has 5 aromatic heterocycles. The van der Waals surface area contributed by atoms with Gasteiger partial charge in [-0.2, -0.15) is 0 Å². The maximum absolute atomic E-state index is 5.04. The van der Waals surface area contributed by atoms with Gasteiger partial charge in [-0.15, -0.1) is 0 Å². The van der Waals surface area contributed by atoms with Crippen LogP contribution < -0.4 is 0 Å². The summed E-state index contributed by atoms with van der Waals surface area (Å²) in [7, 11) is 0. The molecular weight excluding hydrogens is 613 g/mol. The third-order valence-corrected chi connectivity index (χ3v) is 9.45. The van der Waals surface area contributed by atoms with Crippen molar-refractivity contribution in [2.75, 3.05) is 0 Å². The fourth-order valence-corrected chi connectivity index (χ4v) is 7.23. The molecule has 0 amide bonds. The van der Waals surface area contributed by atoms with Gasteiger partial charge < -0.3 is 9.13 Å². The van der Waals surface area contributed by atoms with Crippen LogP contribution in [-0.4, -0.2) is 29.1 Å². The molecule has 0 aliphatic rings. The Bertz CT molecular complexity index is 2800. The summed E-state index contributed by atoms with van der Waals surface area (Å²) in [5, 5.41) is 6.10. The van der Waals surface area contributed by atoms with Gasteiger partial charge >= 0.3 is 0 Å². The van der Waals surface area contributed by atoms with Crippen molar-refractivity contribution in [2.24, 2.45) is 0 Å². The zero-order valence-corrected chi connectivity index (χ0v) is 26.8. The average molecular weight is 641 g/mol. The van der Waals surface area contributed by atoms with E-state index in [1.54, 1.807) is 12.4 Å². The number of aromatic nitrogens is 6. The molecule has 0 saturated heterocycles. The van der Waals surface area contributed by atoms with Gasteiger partial charge in [-0.3, -0.25) is 9.97 Å². The molecule has 0 aliphatic carbocycles. The summed E-state index contributed by atoms with van der Waals surface area (Å²) >= 11 is 0. The van der Waals surface area contributed by atoms with E-state index in [0.29, 0.717) is 5.82 Å². The van der Waals surface area contributed by atoms with Gasteiger partial charge in [0.15, 0.2) is 5.82 Å². The lowest BCUT2D eigenvalue weighted by Crippen LogP contribution is -1.99. The molecule has 0 radical (unpaired) electrons. The van der Waals surface area contributed by atoms with Crippen LogP contribution in [0.4, 0.5) is 0 Å². The van der Waals surface area contributed by atoms with Crippen molar-refractivity contribution in [1.82, 2.24) is 29.1 Å². The number of nitrogens with zero attached hydrogens (tertiary/aromatic N) is 6. The highest BCUT2D eigenvalue weighted by Crippen LogP contribution is 2.41. The maximum Gasteiger partial charge on any atom is 0.160 e. The first-order valence-electron chi connectivity index (χ1n) is 16.6. The molecule has 0 unspecified atom stereocenters. The van der Waals surface area contributed by atoms with E-state index in [0.717, 1.165) is 50.7 Å². The third kappa shape index (κ3) is 4.50. The summed E-state index contributed by atoms with van der Waals surface area (Å²) in [4.78, 5) is 19.3. The number of hydrogen-bond donors (Lipinski definition) is 0. The molecule has 0 saturated carbocycles. The summed E-state index contributed by atoms with van der Waals surface area (Å²) in [6.07, 6.45) is 5.75. The molecule has 0 N–H and O–H groups in total. The Morgan fingerprint density at radius 2 is 1.12 bits per heavy atom. The molecule has 0 atom stereocenters. The molecule has 6 heteroatoms. The molecular formula is C44H28N6. The predicted octanol–water partition coefficient (Wildman–Crippen LogP) is 10.5. The number of rotatable bonds is 5. The van der Waals surface area contributed by atoms with Crippen LogP contribution in [0, 0.1) is 0 Å². The van der Waals surface area contributed by atoms with Crippen molar-refractivity contribution in [1.29, 1.82) is 0 Å². The van der Waals surface area contributed by atoms with Gasteiger partial charge in [0.1, 0.15) is 0 Å². The van der Waals surface area contributed by atoms with Crippen molar-refractivity contribution in [2.45, 2.75) is 0 Å².